The van der Waals surface area contributed by atoms with Crippen LogP contribution in [0.3, 0.4) is 0 Å². The summed E-state index contributed by atoms with van der Waals surface area (Å²) in [6, 6.07) is 15.8. The first kappa shape index (κ1) is 28.4. The van der Waals surface area contributed by atoms with E-state index < -0.39 is 48.3 Å². The molecule has 0 aromatic heterocycles. The Labute approximate surface area is 227 Å². The molecule has 0 aliphatic heterocycles. The summed E-state index contributed by atoms with van der Waals surface area (Å²) in [6.45, 7) is 0. The van der Waals surface area contributed by atoms with Crippen LogP contribution in [-0.2, 0) is 20.0 Å². The maximum atomic E-state index is 13.4. The van der Waals surface area contributed by atoms with E-state index >= 15 is 0 Å². The Hall–Kier alpha value is -4.56. The average Bonchev–Trinajstić information content (AvgIpc) is 2.90. The number of sulfonamides is 2. The van der Waals surface area contributed by atoms with E-state index in [2.05, 4.69) is 14.8 Å². The zero-order valence-corrected chi connectivity index (χ0v) is 22.1. The quantitative estimate of drug-likeness (QED) is 0.252. The minimum Gasteiger partial charge on any atom is -0.495 e. The zero-order chi connectivity index (χ0) is 29.1. The van der Waals surface area contributed by atoms with Crippen molar-refractivity contribution < 1.29 is 39.5 Å². The van der Waals surface area contributed by atoms with Crippen molar-refractivity contribution in [2.24, 2.45) is 0 Å². The molecule has 4 rings (SSSR count). The van der Waals surface area contributed by atoms with Gasteiger partial charge in [0, 0.05) is 16.9 Å². The number of rotatable bonds is 9. The van der Waals surface area contributed by atoms with Crippen LogP contribution in [0.25, 0.3) is 0 Å². The summed E-state index contributed by atoms with van der Waals surface area (Å²) >= 11 is 0. The molecule has 0 spiro atoms. The highest BCUT2D eigenvalue weighted by Crippen LogP contribution is 2.30. The Kier molecular flexibility index (Phi) is 8.02. The number of amides is 1. The molecule has 0 atom stereocenters. The first-order valence-corrected chi connectivity index (χ1v) is 14.2. The second kappa shape index (κ2) is 11.3. The lowest BCUT2D eigenvalue weighted by molar-refractivity contribution is 0.102. The Morgan fingerprint density at radius 3 is 1.90 bits per heavy atom. The van der Waals surface area contributed by atoms with E-state index in [1.165, 1.54) is 49.6 Å². The van der Waals surface area contributed by atoms with Gasteiger partial charge in [-0.1, -0.05) is 0 Å². The number of carbonyl (C=O) groups is 1. The summed E-state index contributed by atoms with van der Waals surface area (Å²) < 4.78 is 99.9. The fourth-order valence-electron chi connectivity index (χ4n) is 3.43. The predicted octanol–water partition coefficient (Wildman–Crippen LogP) is 4.97. The number of hydrogen-bond acceptors (Lipinski definition) is 6. The molecule has 0 heterocycles. The van der Waals surface area contributed by atoms with Crippen LogP contribution >= 0.6 is 0 Å². The highest BCUT2D eigenvalue weighted by molar-refractivity contribution is 7.93. The zero-order valence-electron chi connectivity index (χ0n) is 20.5. The van der Waals surface area contributed by atoms with Crippen LogP contribution in [-0.4, -0.2) is 29.9 Å². The summed E-state index contributed by atoms with van der Waals surface area (Å²) in [4.78, 5) is 12.1. The molecule has 208 valence electrons. The molecule has 14 heteroatoms. The largest absolute Gasteiger partial charge is 0.495 e. The molecule has 0 fully saturated rings. The van der Waals surface area contributed by atoms with Gasteiger partial charge in [-0.15, -0.1) is 0 Å². The summed E-state index contributed by atoms with van der Waals surface area (Å²) in [5.41, 5.74) is 0.389. The van der Waals surface area contributed by atoms with Crippen molar-refractivity contribution in [3.63, 3.8) is 0 Å². The van der Waals surface area contributed by atoms with Gasteiger partial charge in [0.15, 0.2) is 11.6 Å². The van der Waals surface area contributed by atoms with Gasteiger partial charge in [0.25, 0.3) is 26.0 Å². The van der Waals surface area contributed by atoms with Crippen LogP contribution in [0.4, 0.5) is 30.2 Å². The average molecular weight is 592 g/mol. The SMILES string of the molecule is COc1ccc(NC(=O)c2ccc(NS(=O)(=O)c3ccc(F)c(F)c3)cc2)cc1NS(=O)(=O)c1ccc(F)cc1. The van der Waals surface area contributed by atoms with Crippen molar-refractivity contribution in [3.8, 4) is 5.75 Å². The molecule has 9 nitrogen and oxygen atoms in total. The van der Waals surface area contributed by atoms with Gasteiger partial charge in [-0.2, -0.15) is 0 Å². The molecule has 0 saturated carbocycles. The van der Waals surface area contributed by atoms with Crippen molar-refractivity contribution in [3.05, 3.63) is 108 Å². The van der Waals surface area contributed by atoms with Crippen LogP contribution < -0.4 is 19.5 Å². The number of ether oxygens (including phenoxy) is 1. The Bertz CT molecular complexity index is 1780. The van der Waals surface area contributed by atoms with Gasteiger partial charge in [0.05, 0.1) is 22.6 Å². The summed E-state index contributed by atoms with van der Waals surface area (Å²) in [6.07, 6.45) is 0. The monoisotopic (exact) mass is 591 g/mol. The van der Waals surface area contributed by atoms with E-state index in [-0.39, 0.29) is 33.3 Å². The number of carbonyl (C=O) groups excluding carboxylic acids is 1. The molecule has 0 unspecified atom stereocenters. The predicted molar refractivity (Wildman–Crippen MR) is 142 cm³/mol. The van der Waals surface area contributed by atoms with Crippen LogP contribution in [0.5, 0.6) is 5.75 Å². The minimum absolute atomic E-state index is 0.00612. The lowest BCUT2D eigenvalue weighted by atomic mass is 10.2. The molecule has 0 saturated heterocycles. The molecule has 4 aromatic carbocycles. The van der Waals surface area contributed by atoms with E-state index in [0.29, 0.717) is 12.1 Å². The van der Waals surface area contributed by atoms with E-state index in [4.69, 9.17) is 4.74 Å². The van der Waals surface area contributed by atoms with Gasteiger partial charge in [-0.3, -0.25) is 14.2 Å². The highest BCUT2D eigenvalue weighted by atomic mass is 32.2. The maximum absolute atomic E-state index is 13.4. The lowest BCUT2D eigenvalue weighted by Gasteiger charge is -2.14. The van der Waals surface area contributed by atoms with Crippen molar-refractivity contribution in [1.29, 1.82) is 0 Å². The van der Waals surface area contributed by atoms with Gasteiger partial charge >= 0.3 is 0 Å². The van der Waals surface area contributed by atoms with Crippen molar-refractivity contribution >= 4 is 43.0 Å². The van der Waals surface area contributed by atoms with Crippen molar-refractivity contribution in [2.45, 2.75) is 9.79 Å². The molecular formula is C26H20F3N3O6S2. The minimum atomic E-state index is -4.23. The van der Waals surface area contributed by atoms with Crippen LogP contribution in [0.1, 0.15) is 10.4 Å². The second-order valence-corrected chi connectivity index (χ2v) is 11.6. The topological polar surface area (TPSA) is 131 Å². The van der Waals surface area contributed by atoms with Crippen LogP contribution in [0, 0.1) is 17.5 Å². The summed E-state index contributed by atoms with van der Waals surface area (Å²) in [7, 11) is -7.01. The fourth-order valence-corrected chi connectivity index (χ4v) is 5.57. The molecule has 4 aromatic rings. The normalized spacial score (nSPS) is 11.5. The van der Waals surface area contributed by atoms with Crippen molar-refractivity contribution in [1.82, 2.24) is 0 Å². The fraction of sp³-hybridized carbons (Fsp3) is 0.0385. The number of anilines is 3. The highest BCUT2D eigenvalue weighted by Gasteiger charge is 2.19. The molecular weight excluding hydrogens is 571 g/mol. The molecule has 1 amide bonds. The second-order valence-electron chi connectivity index (χ2n) is 8.19. The lowest BCUT2D eigenvalue weighted by Crippen LogP contribution is -2.16. The summed E-state index contributed by atoms with van der Waals surface area (Å²) in [5, 5.41) is 2.59. The Balaban J connectivity index is 1.48. The molecule has 0 bridgehead atoms. The van der Waals surface area contributed by atoms with Gasteiger partial charge in [0.2, 0.25) is 0 Å². The van der Waals surface area contributed by atoms with Crippen LogP contribution in [0.2, 0.25) is 0 Å². The molecule has 3 N–H and O–H groups in total. The number of nitrogens with one attached hydrogen (secondary N) is 3. The number of benzene rings is 4. The first-order valence-electron chi connectivity index (χ1n) is 11.2. The van der Waals surface area contributed by atoms with Gasteiger partial charge in [-0.05, 0) is 84.9 Å². The van der Waals surface area contributed by atoms with E-state index in [1.807, 2.05) is 0 Å². The standard InChI is InChI=1S/C26H20F3N3O6S2/c1-38-25-13-8-19(14-24(25)32-39(34,35)20-9-4-17(27)5-10-20)30-26(33)16-2-6-18(7-3-16)31-40(36,37)21-11-12-22(28)23(29)15-21/h2-15,31-32H,1H3,(H,30,33). The first-order chi connectivity index (χ1) is 18.9. The molecule has 0 aliphatic rings. The van der Waals surface area contributed by atoms with Crippen LogP contribution in [0.15, 0.2) is 94.7 Å². The third-order valence-electron chi connectivity index (χ3n) is 5.43. The van der Waals surface area contributed by atoms with Crippen molar-refractivity contribution in [2.75, 3.05) is 21.9 Å². The number of hydrogen-bond donors (Lipinski definition) is 3. The van der Waals surface area contributed by atoms with Gasteiger partial charge in [0.1, 0.15) is 11.6 Å². The molecule has 40 heavy (non-hydrogen) atoms. The van der Waals surface area contributed by atoms with Gasteiger partial charge < -0.3 is 10.1 Å². The van der Waals surface area contributed by atoms with E-state index in [0.717, 1.165) is 30.3 Å². The van der Waals surface area contributed by atoms with E-state index in [9.17, 15) is 34.8 Å². The maximum Gasteiger partial charge on any atom is 0.262 e. The third kappa shape index (κ3) is 6.52. The Morgan fingerprint density at radius 2 is 1.27 bits per heavy atom. The third-order valence-corrected chi connectivity index (χ3v) is 8.19. The van der Waals surface area contributed by atoms with E-state index in [1.54, 1.807) is 0 Å². The molecule has 0 aliphatic carbocycles. The Morgan fingerprint density at radius 1 is 0.675 bits per heavy atom. The summed E-state index contributed by atoms with van der Waals surface area (Å²) in [5.74, 6) is -3.56. The van der Waals surface area contributed by atoms with Gasteiger partial charge in [-0.25, -0.2) is 30.0 Å². The smallest absolute Gasteiger partial charge is 0.262 e. The molecule has 0 radical (unpaired) electrons. The number of methoxy groups -OCH3 is 1. The number of halogens is 3.